The average Bonchev–Trinajstić information content (AvgIpc) is 2.77. The van der Waals surface area contributed by atoms with Crippen molar-refractivity contribution in [3.8, 4) is 0 Å². The van der Waals surface area contributed by atoms with Crippen LogP contribution in [0.15, 0.2) is 24.3 Å². The van der Waals surface area contributed by atoms with E-state index < -0.39 is 0 Å². The summed E-state index contributed by atoms with van der Waals surface area (Å²) in [5.41, 5.74) is 7.12. The fourth-order valence-electron chi connectivity index (χ4n) is 2.49. The Balaban J connectivity index is 1.97. The third-order valence-corrected chi connectivity index (χ3v) is 3.66. The van der Waals surface area contributed by atoms with Gasteiger partial charge < -0.3 is 11.1 Å². The van der Waals surface area contributed by atoms with Gasteiger partial charge in [-0.2, -0.15) is 0 Å². The molecular weight excluding hydrogens is 226 g/mol. The van der Waals surface area contributed by atoms with Crippen LogP contribution in [0.4, 0.5) is 11.4 Å². The first kappa shape index (κ1) is 12.9. The number of benzene rings is 1. The van der Waals surface area contributed by atoms with Crippen LogP contribution >= 0.6 is 0 Å². The van der Waals surface area contributed by atoms with Crippen molar-refractivity contribution in [2.75, 3.05) is 17.6 Å². The molecule has 1 aromatic rings. The lowest BCUT2D eigenvalue weighted by Crippen LogP contribution is -2.43. The lowest BCUT2D eigenvalue weighted by Gasteiger charge is -2.27. The number of rotatable bonds is 3. The number of hydrogen-bond acceptors (Lipinski definition) is 3. The molecule has 1 aliphatic heterocycles. The number of amides is 1. The molecule has 0 saturated carbocycles. The third-order valence-electron chi connectivity index (χ3n) is 3.66. The van der Waals surface area contributed by atoms with E-state index in [-0.39, 0.29) is 11.9 Å². The summed E-state index contributed by atoms with van der Waals surface area (Å²) < 4.78 is 0. The second-order valence-electron chi connectivity index (χ2n) is 5.02. The molecule has 0 spiro atoms. The molecule has 1 heterocycles. The van der Waals surface area contributed by atoms with E-state index in [0.29, 0.717) is 11.7 Å². The topological polar surface area (TPSA) is 58.4 Å². The third kappa shape index (κ3) is 2.82. The van der Waals surface area contributed by atoms with E-state index in [0.717, 1.165) is 12.2 Å². The molecule has 0 radical (unpaired) electrons. The van der Waals surface area contributed by atoms with Crippen LogP contribution in [0.2, 0.25) is 0 Å². The lowest BCUT2D eigenvalue weighted by atomic mass is 10.2. The molecule has 1 saturated heterocycles. The Bertz CT molecular complexity index is 416. The fraction of sp³-hybridized carbons (Fsp3) is 0.500. The highest BCUT2D eigenvalue weighted by Gasteiger charge is 2.29. The minimum absolute atomic E-state index is 0.0496. The van der Waals surface area contributed by atoms with E-state index >= 15 is 0 Å². The number of hydrogen-bond donors (Lipinski definition) is 2. The number of anilines is 2. The molecule has 98 valence electrons. The van der Waals surface area contributed by atoms with E-state index in [1.54, 1.807) is 12.1 Å². The van der Waals surface area contributed by atoms with E-state index in [1.807, 2.05) is 19.1 Å². The first-order chi connectivity index (χ1) is 8.58. The van der Waals surface area contributed by atoms with Crippen LogP contribution in [0.25, 0.3) is 0 Å². The summed E-state index contributed by atoms with van der Waals surface area (Å²) in [6.45, 7) is 5.16. The number of likely N-dealkylation sites (tertiary alicyclic amines) is 1. The maximum Gasteiger partial charge on any atom is 0.241 e. The standard InChI is InChI=1S/C14H21N3O/c1-10-4-3-9-17(10)11(2)14(18)16-13-7-5-12(15)6-8-13/h5-8,10-11H,3-4,9,15H2,1-2H3,(H,16,18). The molecular formula is C14H21N3O. The van der Waals surface area contributed by atoms with Gasteiger partial charge in [-0.25, -0.2) is 0 Å². The highest BCUT2D eigenvalue weighted by atomic mass is 16.2. The number of carbonyl (C=O) groups is 1. The molecule has 2 rings (SSSR count). The van der Waals surface area contributed by atoms with Gasteiger partial charge in [-0.05, 0) is 57.5 Å². The van der Waals surface area contributed by atoms with E-state index in [4.69, 9.17) is 5.73 Å². The molecule has 0 aliphatic carbocycles. The Labute approximate surface area is 108 Å². The highest BCUT2D eigenvalue weighted by Crippen LogP contribution is 2.20. The van der Waals surface area contributed by atoms with Crippen molar-refractivity contribution >= 4 is 17.3 Å². The molecule has 0 bridgehead atoms. The van der Waals surface area contributed by atoms with Gasteiger partial charge in [-0.15, -0.1) is 0 Å². The minimum atomic E-state index is -0.0833. The van der Waals surface area contributed by atoms with Gasteiger partial charge in [-0.1, -0.05) is 0 Å². The quantitative estimate of drug-likeness (QED) is 0.804. The second-order valence-corrected chi connectivity index (χ2v) is 5.02. The minimum Gasteiger partial charge on any atom is -0.399 e. The predicted octanol–water partition coefficient (Wildman–Crippen LogP) is 2.08. The highest BCUT2D eigenvalue weighted by molar-refractivity contribution is 5.94. The van der Waals surface area contributed by atoms with Crippen molar-refractivity contribution in [3.05, 3.63) is 24.3 Å². The summed E-state index contributed by atoms with van der Waals surface area (Å²) in [4.78, 5) is 14.4. The maximum absolute atomic E-state index is 12.1. The molecule has 0 aromatic heterocycles. The largest absolute Gasteiger partial charge is 0.399 e. The average molecular weight is 247 g/mol. The van der Waals surface area contributed by atoms with Gasteiger partial charge >= 0.3 is 0 Å². The van der Waals surface area contributed by atoms with Crippen LogP contribution < -0.4 is 11.1 Å². The number of nitrogens with zero attached hydrogens (tertiary/aromatic N) is 1. The Hall–Kier alpha value is -1.55. The van der Waals surface area contributed by atoms with Crippen LogP contribution in [0.5, 0.6) is 0 Å². The summed E-state index contributed by atoms with van der Waals surface area (Å²) in [6, 6.07) is 7.65. The Morgan fingerprint density at radius 1 is 1.44 bits per heavy atom. The van der Waals surface area contributed by atoms with Crippen LogP contribution in [0, 0.1) is 0 Å². The molecule has 3 N–H and O–H groups in total. The number of nitrogens with one attached hydrogen (secondary N) is 1. The summed E-state index contributed by atoms with van der Waals surface area (Å²) in [5.74, 6) is 0.0496. The predicted molar refractivity (Wildman–Crippen MR) is 74.3 cm³/mol. The van der Waals surface area contributed by atoms with E-state index in [2.05, 4.69) is 17.1 Å². The zero-order valence-corrected chi connectivity index (χ0v) is 11.0. The Kier molecular flexibility index (Phi) is 3.87. The van der Waals surface area contributed by atoms with E-state index in [9.17, 15) is 4.79 Å². The van der Waals surface area contributed by atoms with Gasteiger partial charge in [0, 0.05) is 17.4 Å². The molecule has 1 aliphatic rings. The zero-order valence-electron chi connectivity index (χ0n) is 11.0. The van der Waals surface area contributed by atoms with Gasteiger partial charge in [0.25, 0.3) is 0 Å². The first-order valence-corrected chi connectivity index (χ1v) is 6.50. The van der Waals surface area contributed by atoms with Crippen LogP contribution in [-0.2, 0) is 4.79 Å². The number of nitrogens with two attached hydrogens (primary N) is 1. The van der Waals surface area contributed by atoms with Gasteiger partial charge in [-0.3, -0.25) is 9.69 Å². The van der Waals surface area contributed by atoms with Crippen molar-refractivity contribution in [3.63, 3.8) is 0 Å². The van der Waals surface area contributed by atoms with Crippen molar-refractivity contribution in [1.82, 2.24) is 4.90 Å². The molecule has 18 heavy (non-hydrogen) atoms. The summed E-state index contributed by atoms with van der Waals surface area (Å²) in [5, 5.41) is 2.93. The molecule has 1 aromatic carbocycles. The number of nitrogen functional groups attached to an aromatic ring is 1. The van der Waals surface area contributed by atoms with Crippen LogP contribution in [-0.4, -0.2) is 29.4 Å². The lowest BCUT2D eigenvalue weighted by molar-refractivity contribution is -0.121. The first-order valence-electron chi connectivity index (χ1n) is 6.50. The second kappa shape index (κ2) is 5.40. The molecule has 4 heteroatoms. The van der Waals surface area contributed by atoms with Gasteiger partial charge in [0.1, 0.15) is 0 Å². The van der Waals surface area contributed by atoms with Crippen LogP contribution in [0.1, 0.15) is 26.7 Å². The normalized spacial score (nSPS) is 21.8. The van der Waals surface area contributed by atoms with Gasteiger partial charge in [0.2, 0.25) is 5.91 Å². The zero-order chi connectivity index (χ0) is 13.1. The molecule has 1 fully saturated rings. The smallest absolute Gasteiger partial charge is 0.241 e. The van der Waals surface area contributed by atoms with Crippen molar-refractivity contribution < 1.29 is 4.79 Å². The van der Waals surface area contributed by atoms with Crippen molar-refractivity contribution in [2.45, 2.75) is 38.8 Å². The summed E-state index contributed by atoms with van der Waals surface area (Å²) in [6.07, 6.45) is 2.36. The molecule has 4 nitrogen and oxygen atoms in total. The van der Waals surface area contributed by atoms with E-state index in [1.165, 1.54) is 12.8 Å². The molecule has 2 unspecified atom stereocenters. The number of carbonyl (C=O) groups excluding carboxylic acids is 1. The van der Waals surface area contributed by atoms with Crippen molar-refractivity contribution in [1.29, 1.82) is 0 Å². The van der Waals surface area contributed by atoms with Gasteiger partial charge in [0.05, 0.1) is 6.04 Å². The van der Waals surface area contributed by atoms with Crippen LogP contribution in [0.3, 0.4) is 0 Å². The molecule has 2 atom stereocenters. The Morgan fingerprint density at radius 3 is 2.67 bits per heavy atom. The van der Waals surface area contributed by atoms with Crippen molar-refractivity contribution in [2.24, 2.45) is 0 Å². The molecule has 1 amide bonds. The summed E-state index contributed by atoms with van der Waals surface area (Å²) >= 11 is 0. The Morgan fingerprint density at radius 2 is 2.11 bits per heavy atom. The van der Waals surface area contributed by atoms with Gasteiger partial charge in [0.15, 0.2) is 0 Å². The maximum atomic E-state index is 12.1. The monoisotopic (exact) mass is 247 g/mol. The fourth-order valence-corrected chi connectivity index (χ4v) is 2.49. The summed E-state index contributed by atoms with van der Waals surface area (Å²) in [7, 11) is 0. The SMILES string of the molecule is CC1CCCN1C(C)C(=O)Nc1ccc(N)cc1.